The van der Waals surface area contributed by atoms with Crippen LogP contribution in [0.15, 0.2) is 206 Å². The van der Waals surface area contributed by atoms with E-state index in [0.29, 0.717) is 0 Å². The van der Waals surface area contributed by atoms with Gasteiger partial charge in [0.2, 0.25) is 0 Å². The van der Waals surface area contributed by atoms with E-state index < -0.39 is 0 Å². The Balaban J connectivity index is 1.28. The second-order valence-electron chi connectivity index (χ2n) is 14.4. The lowest BCUT2D eigenvalue weighted by atomic mass is 9.82. The fourth-order valence-electron chi connectivity index (χ4n) is 8.98. The highest BCUT2D eigenvalue weighted by molar-refractivity contribution is 6.24. The first kappa shape index (κ1) is 30.6. The topological polar surface area (TPSA) is 0 Å². The first-order chi connectivity index (χ1) is 26.8. The SMILES string of the molecule is c1ccc(-c2cc3ccccc3c3ccccc23)c(-c2c3ccccc3c(-c3ccc4ccccc4c3)c3ccc(-c4cccc5ccccc45)cc23)c1. The monoisotopic (exact) mass is 682 g/mol. The summed E-state index contributed by atoms with van der Waals surface area (Å²) in [6, 6.07) is 76.3. The van der Waals surface area contributed by atoms with Gasteiger partial charge in [0, 0.05) is 0 Å². The molecule has 0 amide bonds. The highest BCUT2D eigenvalue weighted by Gasteiger charge is 2.21. The Morgan fingerprint density at radius 1 is 0.185 bits per heavy atom. The molecular weight excluding hydrogens is 649 g/mol. The van der Waals surface area contributed by atoms with Crippen LogP contribution in [0.1, 0.15) is 0 Å². The Morgan fingerprint density at radius 2 is 0.722 bits per heavy atom. The van der Waals surface area contributed by atoms with Gasteiger partial charge in [-0.3, -0.25) is 0 Å². The number of rotatable bonds is 4. The van der Waals surface area contributed by atoms with Crippen molar-refractivity contribution in [1.82, 2.24) is 0 Å². The summed E-state index contributed by atoms with van der Waals surface area (Å²) in [5, 5.41) is 15.1. The molecule has 250 valence electrons. The predicted octanol–water partition coefficient (Wildman–Crippen LogP) is 15.3. The third kappa shape index (κ3) is 4.78. The molecule has 0 nitrogen and oxygen atoms in total. The van der Waals surface area contributed by atoms with Crippen molar-refractivity contribution in [2.75, 3.05) is 0 Å². The van der Waals surface area contributed by atoms with Crippen molar-refractivity contribution >= 4 is 64.6 Å². The van der Waals surface area contributed by atoms with Crippen LogP contribution in [0, 0.1) is 0 Å². The van der Waals surface area contributed by atoms with Gasteiger partial charge in [0.05, 0.1) is 0 Å². The lowest BCUT2D eigenvalue weighted by Crippen LogP contribution is -1.94. The van der Waals surface area contributed by atoms with Crippen LogP contribution in [0.3, 0.4) is 0 Å². The van der Waals surface area contributed by atoms with Gasteiger partial charge >= 0.3 is 0 Å². The molecule has 0 saturated heterocycles. The van der Waals surface area contributed by atoms with Gasteiger partial charge in [-0.25, -0.2) is 0 Å². The minimum absolute atomic E-state index is 1.22. The molecule has 0 saturated carbocycles. The molecule has 11 rings (SSSR count). The minimum atomic E-state index is 1.22. The molecule has 0 fully saturated rings. The summed E-state index contributed by atoms with van der Waals surface area (Å²) in [5.74, 6) is 0. The van der Waals surface area contributed by atoms with Crippen LogP contribution in [-0.2, 0) is 0 Å². The van der Waals surface area contributed by atoms with E-state index in [1.807, 2.05) is 0 Å². The van der Waals surface area contributed by atoms with Gasteiger partial charge in [-0.05, 0) is 127 Å². The fraction of sp³-hybridized carbons (Fsp3) is 0. The predicted molar refractivity (Wildman–Crippen MR) is 233 cm³/mol. The molecule has 0 bridgehead atoms. The largest absolute Gasteiger partial charge is 0.0616 e. The number of fused-ring (bicyclic) bond motifs is 7. The Hall–Kier alpha value is -7.02. The van der Waals surface area contributed by atoms with Crippen molar-refractivity contribution in [2.45, 2.75) is 0 Å². The molecule has 0 aliphatic rings. The second kappa shape index (κ2) is 12.3. The van der Waals surface area contributed by atoms with Crippen LogP contribution in [0.4, 0.5) is 0 Å². The van der Waals surface area contributed by atoms with Crippen molar-refractivity contribution in [2.24, 2.45) is 0 Å². The zero-order chi connectivity index (χ0) is 35.6. The lowest BCUT2D eigenvalue weighted by molar-refractivity contribution is 1.63. The Bertz CT molecular complexity index is 3270. The number of benzene rings is 11. The van der Waals surface area contributed by atoms with Gasteiger partial charge < -0.3 is 0 Å². The Kier molecular flexibility index (Phi) is 6.97. The molecule has 0 aromatic heterocycles. The first-order valence-corrected chi connectivity index (χ1v) is 18.8. The molecule has 0 aliphatic carbocycles. The first-order valence-electron chi connectivity index (χ1n) is 18.8. The number of hydrogen-bond donors (Lipinski definition) is 0. The molecule has 0 N–H and O–H groups in total. The van der Waals surface area contributed by atoms with E-state index in [9.17, 15) is 0 Å². The van der Waals surface area contributed by atoms with Crippen LogP contribution in [0.25, 0.3) is 109 Å². The maximum absolute atomic E-state index is 2.46. The van der Waals surface area contributed by atoms with Crippen molar-refractivity contribution < 1.29 is 0 Å². The van der Waals surface area contributed by atoms with Gasteiger partial charge in [-0.1, -0.05) is 188 Å². The average molecular weight is 683 g/mol. The standard InChI is InChI=1S/C54H34/c1-2-16-37-32-40(29-28-35(37)14-1)53-48-25-11-12-26-49(48)54(52-34-39(30-31-50(52)53)42-27-13-18-36-15-3-5-19-41(36)42)47-24-10-9-23-46(47)51-33-38-17-4-6-20-43(38)44-21-7-8-22-45(44)51/h1-34H. The second-order valence-corrected chi connectivity index (χ2v) is 14.4. The molecule has 0 radical (unpaired) electrons. The van der Waals surface area contributed by atoms with Gasteiger partial charge in [0.25, 0.3) is 0 Å². The molecule has 0 aliphatic heterocycles. The van der Waals surface area contributed by atoms with Crippen LogP contribution in [0.5, 0.6) is 0 Å². The Labute approximate surface area is 314 Å². The summed E-state index contributed by atoms with van der Waals surface area (Å²) >= 11 is 0. The highest BCUT2D eigenvalue weighted by atomic mass is 14.2. The van der Waals surface area contributed by atoms with Crippen molar-refractivity contribution in [3.8, 4) is 44.5 Å². The van der Waals surface area contributed by atoms with Gasteiger partial charge in [-0.15, -0.1) is 0 Å². The van der Waals surface area contributed by atoms with Gasteiger partial charge in [-0.2, -0.15) is 0 Å². The summed E-state index contributed by atoms with van der Waals surface area (Å²) in [5.41, 5.74) is 9.95. The van der Waals surface area contributed by atoms with E-state index in [0.717, 1.165) is 0 Å². The summed E-state index contributed by atoms with van der Waals surface area (Å²) < 4.78 is 0. The third-order valence-electron chi connectivity index (χ3n) is 11.4. The summed E-state index contributed by atoms with van der Waals surface area (Å²) in [7, 11) is 0. The van der Waals surface area contributed by atoms with E-state index in [1.54, 1.807) is 0 Å². The van der Waals surface area contributed by atoms with Gasteiger partial charge in [0.15, 0.2) is 0 Å². The molecule has 11 aromatic carbocycles. The van der Waals surface area contributed by atoms with E-state index in [1.165, 1.54) is 109 Å². The van der Waals surface area contributed by atoms with Crippen LogP contribution in [-0.4, -0.2) is 0 Å². The quantitative estimate of drug-likeness (QED) is 0.128. The zero-order valence-corrected chi connectivity index (χ0v) is 29.6. The van der Waals surface area contributed by atoms with Crippen molar-refractivity contribution in [3.63, 3.8) is 0 Å². The summed E-state index contributed by atoms with van der Waals surface area (Å²) in [6.45, 7) is 0. The molecule has 0 atom stereocenters. The highest BCUT2D eigenvalue weighted by Crippen LogP contribution is 2.48. The number of hydrogen-bond acceptors (Lipinski definition) is 0. The molecule has 0 unspecified atom stereocenters. The normalized spacial score (nSPS) is 11.7. The zero-order valence-electron chi connectivity index (χ0n) is 29.6. The van der Waals surface area contributed by atoms with Crippen LogP contribution < -0.4 is 0 Å². The van der Waals surface area contributed by atoms with Crippen LogP contribution in [0.2, 0.25) is 0 Å². The summed E-state index contributed by atoms with van der Waals surface area (Å²) in [4.78, 5) is 0. The maximum Gasteiger partial charge on any atom is -0.00199 e. The molecule has 0 heterocycles. The van der Waals surface area contributed by atoms with E-state index >= 15 is 0 Å². The van der Waals surface area contributed by atoms with Crippen LogP contribution >= 0.6 is 0 Å². The molecule has 0 heteroatoms. The molecule has 0 spiro atoms. The summed E-state index contributed by atoms with van der Waals surface area (Å²) in [6.07, 6.45) is 0. The maximum atomic E-state index is 2.46. The van der Waals surface area contributed by atoms with E-state index in [2.05, 4.69) is 206 Å². The minimum Gasteiger partial charge on any atom is -0.0616 e. The van der Waals surface area contributed by atoms with Gasteiger partial charge in [0.1, 0.15) is 0 Å². The smallest absolute Gasteiger partial charge is 0.00199 e. The third-order valence-corrected chi connectivity index (χ3v) is 11.4. The molecule has 54 heavy (non-hydrogen) atoms. The molecule has 11 aromatic rings. The lowest BCUT2D eigenvalue weighted by Gasteiger charge is -2.21. The van der Waals surface area contributed by atoms with E-state index in [-0.39, 0.29) is 0 Å². The Morgan fingerprint density at radius 3 is 1.54 bits per heavy atom. The fourth-order valence-corrected chi connectivity index (χ4v) is 8.98. The molecular formula is C54H34. The van der Waals surface area contributed by atoms with E-state index in [4.69, 9.17) is 0 Å². The van der Waals surface area contributed by atoms with Crippen molar-refractivity contribution in [3.05, 3.63) is 206 Å². The average Bonchev–Trinajstić information content (AvgIpc) is 3.24. The van der Waals surface area contributed by atoms with Crippen molar-refractivity contribution in [1.29, 1.82) is 0 Å².